The van der Waals surface area contributed by atoms with Crippen molar-refractivity contribution < 1.29 is 17.1 Å². The Bertz CT molecular complexity index is 683. The molecule has 2 fully saturated rings. The van der Waals surface area contributed by atoms with Crippen molar-refractivity contribution in [2.75, 3.05) is 20.1 Å². The number of halogens is 1. The molecule has 4 rings (SSSR count). The van der Waals surface area contributed by atoms with E-state index in [1.807, 2.05) is 63.4 Å². The van der Waals surface area contributed by atoms with Crippen LogP contribution >= 0.6 is 11.6 Å². The van der Waals surface area contributed by atoms with Crippen LogP contribution < -0.4 is 0 Å². The largest absolute Gasteiger partial charge is 2.00 e. The van der Waals surface area contributed by atoms with Gasteiger partial charge >= 0.3 is 17.1 Å². The smallest absolute Gasteiger partial charge is 0.683 e. The van der Waals surface area contributed by atoms with E-state index >= 15 is 0 Å². The Kier molecular flexibility index (Phi) is 9.92. The summed E-state index contributed by atoms with van der Waals surface area (Å²) in [6.45, 7) is 1.39. The third-order valence-electron chi connectivity index (χ3n) is 3.99. The van der Waals surface area contributed by atoms with Crippen LogP contribution in [0.15, 0.2) is 30.5 Å². The fraction of sp³-hybridized carbons (Fsp3) is 0.136. The minimum atomic E-state index is 0. The second-order valence-electron chi connectivity index (χ2n) is 5.82. The summed E-state index contributed by atoms with van der Waals surface area (Å²) in [5, 5.41) is 10.6. The van der Waals surface area contributed by atoms with E-state index in [0.29, 0.717) is 11.6 Å². The van der Waals surface area contributed by atoms with Gasteiger partial charge in [0.15, 0.2) is 0 Å². The maximum atomic E-state index is 6.00. The van der Waals surface area contributed by atoms with Crippen LogP contribution in [0.3, 0.4) is 0 Å². The predicted octanol–water partition coefficient (Wildman–Crippen LogP) is 5.69. The van der Waals surface area contributed by atoms with Gasteiger partial charge in [0.25, 0.3) is 0 Å². The van der Waals surface area contributed by atoms with E-state index < -0.39 is 0 Å². The monoisotopic (exact) mass is 417 g/mol. The zero-order valence-electron chi connectivity index (χ0n) is 15.0. The summed E-state index contributed by atoms with van der Waals surface area (Å²) in [6.07, 6.45) is 18.0. The SMILES string of the molecule is C[N-]C[C]1[CH][CH][CH][C]1C[N-]c1ccnc2cc(Cl)ccc12.[CH]1[CH][CH][CH][CH]1.[Fe+2]. The Morgan fingerprint density at radius 3 is 2.22 bits per heavy atom. The fourth-order valence-electron chi connectivity index (χ4n) is 2.71. The van der Waals surface area contributed by atoms with E-state index in [4.69, 9.17) is 16.9 Å². The van der Waals surface area contributed by atoms with Crippen molar-refractivity contribution in [1.29, 1.82) is 0 Å². The summed E-state index contributed by atoms with van der Waals surface area (Å²) < 4.78 is 0. The van der Waals surface area contributed by atoms with Gasteiger partial charge in [0.05, 0.1) is 5.52 Å². The average Bonchev–Trinajstić information content (AvgIpc) is 3.35. The number of rotatable bonds is 5. The van der Waals surface area contributed by atoms with Gasteiger partial charge in [0.2, 0.25) is 0 Å². The summed E-state index contributed by atoms with van der Waals surface area (Å²) in [7, 11) is 1.83. The fourth-order valence-corrected chi connectivity index (χ4v) is 2.87. The van der Waals surface area contributed by atoms with E-state index in [1.165, 1.54) is 11.8 Å². The minimum absolute atomic E-state index is 0. The predicted molar refractivity (Wildman–Crippen MR) is 110 cm³/mol. The topological polar surface area (TPSA) is 41.1 Å². The van der Waals surface area contributed by atoms with Crippen molar-refractivity contribution >= 4 is 28.2 Å². The number of benzene rings is 1. The molecule has 1 aromatic carbocycles. The number of fused-ring (bicyclic) bond motifs is 1. The third-order valence-corrected chi connectivity index (χ3v) is 4.23. The van der Waals surface area contributed by atoms with Crippen LogP contribution in [0, 0.1) is 63.2 Å². The van der Waals surface area contributed by atoms with Gasteiger partial charge in [0, 0.05) is 11.2 Å². The number of hydrogen-bond donors (Lipinski definition) is 0. The molecule has 5 heteroatoms. The molecule has 3 nitrogen and oxygen atoms in total. The van der Waals surface area contributed by atoms with Gasteiger partial charge in [-0.3, -0.25) is 4.98 Å². The molecule has 0 bridgehead atoms. The normalized spacial score (nSPS) is 17.4. The second-order valence-corrected chi connectivity index (χ2v) is 6.26. The first-order chi connectivity index (χ1) is 12.8. The molecule has 0 saturated heterocycles. The van der Waals surface area contributed by atoms with Crippen LogP contribution in [0.25, 0.3) is 21.5 Å². The van der Waals surface area contributed by atoms with Crippen molar-refractivity contribution in [1.82, 2.24) is 4.98 Å². The Morgan fingerprint density at radius 2 is 1.56 bits per heavy atom. The molecule has 10 radical (unpaired) electrons. The summed E-state index contributed by atoms with van der Waals surface area (Å²) >= 11 is 6.00. The molecule has 1 aromatic heterocycles. The maximum Gasteiger partial charge on any atom is 2.00 e. The van der Waals surface area contributed by atoms with Crippen molar-refractivity contribution in [2.45, 2.75) is 0 Å². The van der Waals surface area contributed by atoms with Gasteiger partial charge < -0.3 is 10.6 Å². The zero-order chi connectivity index (χ0) is 18.2. The quantitative estimate of drug-likeness (QED) is 0.576. The molecule has 0 spiro atoms. The third kappa shape index (κ3) is 6.64. The first kappa shape index (κ1) is 22.5. The molecule has 2 saturated carbocycles. The Morgan fingerprint density at radius 1 is 0.889 bits per heavy atom. The molecule has 138 valence electrons. The molecule has 1 heterocycles. The Balaban J connectivity index is 0.000000379. The van der Waals surface area contributed by atoms with Crippen LogP contribution in [-0.2, 0) is 17.1 Å². The maximum absolute atomic E-state index is 6.00. The van der Waals surface area contributed by atoms with Crippen LogP contribution in [0.5, 0.6) is 0 Å². The van der Waals surface area contributed by atoms with Crippen LogP contribution in [-0.4, -0.2) is 25.1 Å². The molecule has 0 amide bonds. The van der Waals surface area contributed by atoms with E-state index in [1.54, 1.807) is 6.20 Å². The summed E-state index contributed by atoms with van der Waals surface area (Å²) in [4.78, 5) is 4.34. The van der Waals surface area contributed by atoms with Gasteiger partial charge in [0.1, 0.15) is 0 Å². The molecule has 27 heavy (non-hydrogen) atoms. The van der Waals surface area contributed by atoms with E-state index in [9.17, 15) is 0 Å². The first-order valence-electron chi connectivity index (χ1n) is 8.45. The molecule has 0 aliphatic heterocycles. The summed E-state index contributed by atoms with van der Waals surface area (Å²) in [5.74, 6) is 2.46. The molecule has 0 atom stereocenters. The van der Waals surface area contributed by atoms with E-state index in [-0.39, 0.29) is 17.1 Å². The van der Waals surface area contributed by atoms with E-state index in [0.717, 1.165) is 23.1 Å². The molecule has 2 aliphatic carbocycles. The van der Waals surface area contributed by atoms with Gasteiger partial charge in [-0.25, -0.2) is 0 Å². The minimum Gasteiger partial charge on any atom is -0.683 e. The van der Waals surface area contributed by atoms with Gasteiger partial charge in [-0.1, -0.05) is 23.7 Å². The Hall–Kier alpha value is -0.801. The number of hydrogen-bond acceptors (Lipinski definition) is 1. The number of aromatic nitrogens is 1. The van der Waals surface area contributed by atoms with Crippen LogP contribution in [0.1, 0.15) is 0 Å². The molecule has 0 N–H and O–H groups in total. The second kappa shape index (κ2) is 11.9. The van der Waals surface area contributed by atoms with Crippen molar-refractivity contribution in [3.05, 3.63) is 109 Å². The standard InChI is InChI=1S/C17H15ClN3.C5H5.Fe/c1-19-10-12-3-2-4-13(12)11-21-16-7-8-20-17-9-14(18)5-6-15(16)17;1-2-4-5-3-1;/h2-9H,10-11H2,1H3;1-5H;/q-2;;+2. The van der Waals surface area contributed by atoms with Crippen LogP contribution in [0.2, 0.25) is 5.02 Å². The van der Waals surface area contributed by atoms with E-state index in [2.05, 4.69) is 29.6 Å². The van der Waals surface area contributed by atoms with Crippen molar-refractivity contribution in [3.8, 4) is 0 Å². The molecular weight excluding hydrogens is 398 g/mol. The zero-order valence-corrected chi connectivity index (χ0v) is 16.9. The summed E-state index contributed by atoms with van der Waals surface area (Å²) in [6, 6.07) is 7.63. The number of pyridine rings is 1. The first-order valence-corrected chi connectivity index (χ1v) is 8.83. The number of nitrogens with zero attached hydrogens (tertiary/aromatic N) is 3. The summed E-state index contributed by atoms with van der Waals surface area (Å²) in [5.41, 5.74) is 1.81. The molecular formula is C22H20ClFeN3. The molecule has 2 aromatic rings. The van der Waals surface area contributed by atoms with Gasteiger partial charge in [-0.05, 0) is 80.7 Å². The average molecular weight is 418 g/mol. The Labute approximate surface area is 179 Å². The van der Waals surface area contributed by atoms with Gasteiger partial charge in [-0.2, -0.15) is 7.05 Å². The van der Waals surface area contributed by atoms with Gasteiger partial charge in [-0.15, -0.1) is 18.8 Å². The molecule has 0 unspecified atom stereocenters. The van der Waals surface area contributed by atoms with Crippen LogP contribution in [0.4, 0.5) is 5.69 Å². The molecule has 2 aliphatic rings. The van der Waals surface area contributed by atoms with Crippen molar-refractivity contribution in [2.24, 2.45) is 0 Å². The van der Waals surface area contributed by atoms with Crippen molar-refractivity contribution in [3.63, 3.8) is 0 Å².